The van der Waals surface area contributed by atoms with Gasteiger partial charge in [0.25, 0.3) is 5.91 Å². The molecule has 0 atom stereocenters. The highest BCUT2D eigenvalue weighted by molar-refractivity contribution is 9.10. The molecule has 1 aromatic rings. The van der Waals surface area contributed by atoms with Crippen LogP contribution in [0.3, 0.4) is 0 Å². The van der Waals surface area contributed by atoms with Gasteiger partial charge in [-0.05, 0) is 42.4 Å². The number of carbonyl (C=O) groups excluding carboxylic acids is 1. The summed E-state index contributed by atoms with van der Waals surface area (Å²) < 4.78 is 0.824. The van der Waals surface area contributed by atoms with E-state index in [2.05, 4.69) is 35.1 Å². The van der Waals surface area contributed by atoms with Crippen molar-refractivity contribution in [2.75, 3.05) is 6.54 Å². The molecule has 0 bridgehead atoms. The quantitative estimate of drug-likeness (QED) is 0.877. The Morgan fingerprint density at radius 1 is 1.44 bits per heavy atom. The summed E-state index contributed by atoms with van der Waals surface area (Å²) in [5, 5.41) is 3.59. The molecule has 1 aliphatic carbocycles. The van der Waals surface area contributed by atoms with Crippen LogP contribution in [0, 0.1) is 11.3 Å². The molecule has 98 valence electrons. The van der Waals surface area contributed by atoms with Crippen LogP contribution in [0.4, 0.5) is 0 Å². The Labute approximate surface area is 121 Å². The van der Waals surface area contributed by atoms with Crippen molar-refractivity contribution in [3.05, 3.63) is 33.3 Å². The van der Waals surface area contributed by atoms with E-state index in [1.165, 1.54) is 12.8 Å². The lowest BCUT2D eigenvalue weighted by Crippen LogP contribution is -2.32. The molecule has 0 aliphatic heterocycles. The first-order chi connectivity index (χ1) is 8.43. The van der Waals surface area contributed by atoms with Crippen LogP contribution < -0.4 is 5.32 Å². The molecule has 0 saturated heterocycles. The van der Waals surface area contributed by atoms with Gasteiger partial charge in [0.15, 0.2) is 0 Å². The summed E-state index contributed by atoms with van der Waals surface area (Å²) in [6, 6.07) is 5.25. The topological polar surface area (TPSA) is 29.1 Å². The van der Waals surface area contributed by atoms with Crippen molar-refractivity contribution in [3.63, 3.8) is 0 Å². The Balaban J connectivity index is 2.00. The number of nitrogens with one attached hydrogen (secondary N) is 1. The summed E-state index contributed by atoms with van der Waals surface area (Å²) in [6.07, 6.45) is 2.42. The largest absolute Gasteiger partial charge is 0.351 e. The SMILES string of the molecule is CC(C)C1(CNC(=O)c2cc(Cl)cc(Br)c2)CC1. The fourth-order valence-electron chi connectivity index (χ4n) is 2.16. The van der Waals surface area contributed by atoms with Crippen molar-refractivity contribution in [2.45, 2.75) is 26.7 Å². The van der Waals surface area contributed by atoms with Crippen molar-refractivity contribution in [3.8, 4) is 0 Å². The molecule has 1 saturated carbocycles. The van der Waals surface area contributed by atoms with Crippen LogP contribution in [0.15, 0.2) is 22.7 Å². The smallest absolute Gasteiger partial charge is 0.251 e. The van der Waals surface area contributed by atoms with Crippen LogP contribution in [-0.4, -0.2) is 12.5 Å². The Kier molecular flexibility index (Phi) is 4.02. The molecule has 18 heavy (non-hydrogen) atoms. The van der Waals surface area contributed by atoms with Gasteiger partial charge in [-0.25, -0.2) is 0 Å². The van der Waals surface area contributed by atoms with Gasteiger partial charge in [0.1, 0.15) is 0 Å². The number of halogens is 2. The number of hydrogen-bond donors (Lipinski definition) is 1. The molecule has 1 aliphatic rings. The molecule has 1 N–H and O–H groups in total. The van der Waals surface area contributed by atoms with Crippen LogP contribution in [0.25, 0.3) is 0 Å². The standard InChI is InChI=1S/C14H17BrClNO/c1-9(2)14(3-4-14)8-17-13(18)10-5-11(15)7-12(16)6-10/h5-7,9H,3-4,8H2,1-2H3,(H,17,18). The van der Waals surface area contributed by atoms with E-state index in [1.54, 1.807) is 18.2 Å². The van der Waals surface area contributed by atoms with Gasteiger partial charge in [-0.2, -0.15) is 0 Å². The highest BCUT2D eigenvalue weighted by Crippen LogP contribution is 2.51. The summed E-state index contributed by atoms with van der Waals surface area (Å²) in [4.78, 5) is 12.1. The number of hydrogen-bond acceptors (Lipinski definition) is 1. The molecule has 2 rings (SSSR count). The fraction of sp³-hybridized carbons (Fsp3) is 0.500. The molecule has 4 heteroatoms. The van der Waals surface area contributed by atoms with E-state index < -0.39 is 0 Å². The molecular formula is C14H17BrClNO. The van der Waals surface area contributed by atoms with E-state index in [0.29, 0.717) is 21.9 Å². The van der Waals surface area contributed by atoms with Crippen molar-refractivity contribution in [1.29, 1.82) is 0 Å². The summed E-state index contributed by atoms with van der Waals surface area (Å²) in [5.41, 5.74) is 0.930. The van der Waals surface area contributed by atoms with Gasteiger partial charge in [0, 0.05) is 21.6 Å². The minimum atomic E-state index is -0.0508. The van der Waals surface area contributed by atoms with Gasteiger partial charge in [-0.1, -0.05) is 41.4 Å². The van der Waals surface area contributed by atoms with Gasteiger partial charge in [0.2, 0.25) is 0 Å². The van der Waals surface area contributed by atoms with Crippen molar-refractivity contribution in [1.82, 2.24) is 5.32 Å². The minimum absolute atomic E-state index is 0.0508. The van der Waals surface area contributed by atoms with Gasteiger partial charge in [0.05, 0.1) is 0 Å². The van der Waals surface area contributed by atoms with E-state index in [0.717, 1.165) is 11.0 Å². The third kappa shape index (κ3) is 3.07. The Morgan fingerprint density at radius 2 is 2.11 bits per heavy atom. The number of benzene rings is 1. The molecule has 0 heterocycles. The maximum absolute atomic E-state index is 12.1. The average molecular weight is 331 g/mol. The zero-order valence-corrected chi connectivity index (χ0v) is 12.9. The molecule has 0 unspecified atom stereocenters. The molecular weight excluding hydrogens is 314 g/mol. The zero-order valence-electron chi connectivity index (χ0n) is 10.6. The second-order valence-corrected chi connectivity index (χ2v) is 6.71. The van der Waals surface area contributed by atoms with Crippen molar-refractivity contribution < 1.29 is 4.79 Å². The molecule has 0 spiro atoms. The third-order valence-electron chi connectivity index (χ3n) is 3.84. The number of amides is 1. The Morgan fingerprint density at radius 3 is 2.61 bits per heavy atom. The Hall–Kier alpha value is -0.540. The molecule has 0 radical (unpaired) electrons. The van der Waals surface area contributed by atoms with Crippen LogP contribution in [0.1, 0.15) is 37.0 Å². The van der Waals surface area contributed by atoms with E-state index in [4.69, 9.17) is 11.6 Å². The molecule has 0 aromatic heterocycles. The lowest BCUT2D eigenvalue weighted by Gasteiger charge is -2.20. The fourth-order valence-corrected chi connectivity index (χ4v) is 3.02. The highest BCUT2D eigenvalue weighted by Gasteiger charge is 2.45. The lowest BCUT2D eigenvalue weighted by atomic mass is 9.92. The summed E-state index contributed by atoms with van der Waals surface area (Å²) >= 11 is 9.28. The summed E-state index contributed by atoms with van der Waals surface area (Å²) in [7, 11) is 0. The zero-order chi connectivity index (χ0) is 13.3. The lowest BCUT2D eigenvalue weighted by molar-refractivity contribution is 0.0939. The van der Waals surface area contributed by atoms with E-state index in [-0.39, 0.29) is 5.91 Å². The minimum Gasteiger partial charge on any atom is -0.351 e. The number of rotatable bonds is 4. The number of carbonyl (C=O) groups is 1. The van der Waals surface area contributed by atoms with E-state index in [9.17, 15) is 4.79 Å². The maximum atomic E-state index is 12.1. The second kappa shape index (κ2) is 5.22. The van der Waals surface area contributed by atoms with Crippen LogP contribution in [0.2, 0.25) is 5.02 Å². The first kappa shape index (κ1) is 13.9. The first-order valence-corrected chi connectivity index (χ1v) is 7.34. The molecule has 1 fully saturated rings. The summed E-state index contributed by atoms with van der Waals surface area (Å²) in [6.45, 7) is 5.19. The van der Waals surface area contributed by atoms with Crippen LogP contribution in [-0.2, 0) is 0 Å². The van der Waals surface area contributed by atoms with Gasteiger partial charge in [-0.15, -0.1) is 0 Å². The monoisotopic (exact) mass is 329 g/mol. The van der Waals surface area contributed by atoms with Gasteiger partial charge in [-0.3, -0.25) is 4.79 Å². The predicted molar refractivity (Wildman–Crippen MR) is 78.0 cm³/mol. The van der Waals surface area contributed by atoms with Crippen molar-refractivity contribution >= 4 is 33.4 Å². The van der Waals surface area contributed by atoms with E-state index >= 15 is 0 Å². The van der Waals surface area contributed by atoms with Gasteiger partial charge >= 0.3 is 0 Å². The summed E-state index contributed by atoms with van der Waals surface area (Å²) in [5.74, 6) is 0.564. The normalized spacial score (nSPS) is 16.7. The Bertz CT molecular complexity index is 449. The van der Waals surface area contributed by atoms with Gasteiger partial charge < -0.3 is 5.32 Å². The predicted octanol–water partition coefficient (Wildman–Crippen LogP) is 4.27. The maximum Gasteiger partial charge on any atom is 0.251 e. The second-order valence-electron chi connectivity index (χ2n) is 5.36. The van der Waals surface area contributed by atoms with Crippen LogP contribution in [0.5, 0.6) is 0 Å². The van der Waals surface area contributed by atoms with Crippen LogP contribution >= 0.6 is 27.5 Å². The molecule has 2 nitrogen and oxygen atoms in total. The highest BCUT2D eigenvalue weighted by atomic mass is 79.9. The third-order valence-corrected chi connectivity index (χ3v) is 4.52. The van der Waals surface area contributed by atoms with Crippen molar-refractivity contribution in [2.24, 2.45) is 11.3 Å². The first-order valence-electron chi connectivity index (χ1n) is 6.17. The average Bonchev–Trinajstić information content (AvgIpc) is 3.05. The molecule has 1 amide bonds. The van der Waals surface area contributed by atoms with E-state index in [1.807, 2.05) is 0 Å². The molecule has 1 aromatic carbocycles.